The molecule has 1 aliphatic carbocycles. The van der Waals surface area contributed by atoms with Crippen molar-refractivity contribution in [1.29, 1.82) is 0 Å². The smallest absolute Gasteiger partial charge is 0.326 e. The number of hydrogen-bond donors (Lipinski definition) is 8. The first-order chi connectivity index (χ1) is 31.1. The summed E-state index contributed by atoms with van der Waals surface area (Å²) in [6.45, 7) is 8.23. The van der Waals surface area contributed by atoms with Crippen LogP contribution in [0.25, 0.3) is 10.9 Å². The Bertz CT molecular complexity index is 2280. The molecule has 15 nitrogen and oxygen atoms in total. The summed E-state index contributed by atoms with van der Waals surface area (Å²) in [6, 6.07) is 17.5. The van der Waals surface area contributed by atoms with E-state index in [0.29, 0.717) is 17.7 Å². The largest absolute Gasteiger partial charge is 0.480 e. The molecular formula is C49H63N7O8S. The number of aryl methyl sites for hydroxylation is 2. The van der Waals surface area contributed by atoms with Gasteiger partial charge in [0.2, 0.25) is 35.4 Å². The normalized spacial score (nSPS) is 15.1. The molecule has 0 radical (unpaired) electrons. The van der Waals surface area contributed by atoms with E-state index in [2.05, 4.69) is 36.9 Å². The molecule has 1 aromatic heterocycles. The lowest BCUT2D eigenvalue weighted by molar-refractivity contribution is -0.142. The first-order valence-corrected chi connectivity index (χ1v) is 23.7. The number of benzene rings is 3. The first-order valence-electron chi connectivity index (χ1n) is 22.3. The molecule has 4 aromatic rings. The van der Waals surface area contributed by atoms with Crippen LogP contribution in [0.15, 0.2) is 79.0 Å². The van der Waals surface area contributed by atoms with Gasteiger partial charge < -0.3 is 42.0 Å². The van der Waals surface area contributed by atoms with Crippen molar-refractivity contribution in [2.24, 2.45) is 11.8 Å². The van der Waals surface area contributed by atoms with Gasteiger partial charge in [0.1, 0.15) is 30.2 Å². The van der Waals surface area contributed by atoms with Crippen LogP contribution in [0.3, 0.4) is 0 Å². The molecule has 348 valence electrons. The Balaban J connectivity index is 1.27. The number of carbonyl (C=O) groups is 7. The van der Waals surface area contributed by atoms with Gasteiger partial charge in [0.25, 0.3) is 0 Å². The summed E-state index contributed by atoms with van der Waals surface area (Å²) >= 11 is 1.46. The van der Waals surface area contributed by atoms with Gasteiger partial charge in [-0.05, 0) is 83.4 Å². The lowest BCUT2D eigenvalue weighted by atomic mass is 9.82. The molecule has 8 N–H and O–H groups in total. The number of nitrogens with one attached hydrogen (secondary N) is 7. The zero-order valence-electron chi connectivity index (χ0n) is 38.0. The van der Waals surface area contributed by atoms with E-state index in [1.165, 1.54) is 18.7 Å². The molecule has 0 aliphatic heterocycles. The van der Waals surface area contributed by atoms with Crippen LogP contribution in [0.4, 0.5) is 0 Å². The second-order valence-electron chi connectivity index (χ2n) is 17.2. The lowest BCUT2D eigenvalue weighted by Gasteiger charge is -2.31. The Morgan fingerprint density at radius 3 is 1.94 bits per heavy atom. The molecular weight excluding hydrogens is 847 g/mol. The van der Waals surface area contributed by atoms with E-state index in [-0.39, 0.29) is 25.2 Å². The summed E-state index contributed by atoms with van der Waals surface area (Å²) in [7, 11) is 0. The van der Waals surface area contributed by atoms with Crippen molar-refractivity contribution in [2.45, 2.75) is 109 Å². The highest BCUT2D eigenvalue weighted by molar-refractivity contribution is 7.98. The molecule has 0 saturated carbocycles. The van der Waals surface area contributed by atoms with Crippen molar-refractivity contribution >= 4 is 64.1 Å². The Labute approximate surface area is 384 Å². The highest BCUT2D eigenvalue weighted by Crippen LogP contribution is 2.37. The number of carboxylic acid groups (broad SMARTS) is 1. The van der Waals surface area contributed by atoms with Crippen molar-refractivity contribution in [3.8, 4) is 0 Å². The van der Waals surface area contributed by atoms with Crippen LogP contribution >= 0.6 is 11.8 Å². The third-order valence-corrected chi connectivity index (χ3v) is 12.6. The summed E-state index contributed by atoms with van der Waals surface area (Å²) in [4.78, 5) is 97.6. The molecule has 0 saturated heterocycles. The number of aliphatic carboxylic acids is 1. The molecule has 3 aromatic carbocycles. The first kappa shape index (κ1) is 49.8. The Morgan fingerprint density at radius 1 is 0.738 bits per heavy atom. The minimum absolute atomic E-state index is 0.00658. The lowest BCUT2D eigenvalue weighted by Crippen LogP contribution is -2.58. The topological polar surface area (TPSA) is 228 Å². The van der Waals surface area contributed by atoms with Crippen molar-refractivity contribution in [3.05, 3.63) is 107 Å². The maximum Gasteiger partial charge on any atom is 0.326 e. The van der Waals surface area contributed by atoms with E-state index in [1.54, 1.807) is 13.1 Å². The Hall–Kier alpha value is -6.16. The van der Waals surface area contributed by atoms with Gasteiger partial charge in [0.05, 0.1) is 6.54 Å². The summed E-state index contributed by atoms with van der Waals surface area (Å²) in [6.07, 6.45) is 6.00. The molecule has 0 spiro atoms. The molecule has 0 bridgehead atoms. The number of para-hydroxylation sites is 1. The van der Waals surface area contributed by atoms with Gasteiger partial charge in [-0.1, -0.05) is 101 Å². The molecule has 6 atom stereocenters. The molecule has 65 heavy (non-hydrogen) atoms. The van der Waals surface area contributed by atoms with Crippen LogP contribution in [0.1, 0.15) is 87.6 Å². The summed E-state index contributed by atoms with van der Waals surface area (Å²) in [5, 5.41) is 27.4. The fourth-order valence-electron chi connectivity index (χ4n) is 8.39. The standard InChI is InChI=1S/C49H63N7O8S/c1-7-29(4)43(47(61)55-40(49(63)64)25-33-26-50-37-19-13-12-16-34(33)37)56-41(58)27-51-45(59)38(22-23-65-6)53-46(60)39(24-28(2)3)54-48(62)44(52-30(5)57)42-35-17-10-8-14-31(35)20-21-32-15-9-11-18-36(32)42/h8-19,26,28-29,38-40,42-44,50H,7,20-25,27H2,1-6H3,(H,51,59)(H,52,57)(H,53,60)(H,54,62)(H,55,61)(H,56,58)(H,63,64)/t29-,38-,39-,40-,43-,44+/m0/s1. The number of aromatic nitrogens is 1. The van der Waals surface area contributed by atoms with Crippen molar-refractivity contribution in [1.82, 2.24) is 36.9 Å². The zero-order valence-corrected chi connectivity index (χ0v) is 38.8. The summed E-state index contributed by atoms with van der Waals surface area (Å²) < 4.78 is 0. The quantitative estimate of drug-likeness (QED) is 0.0567. The van der Waals surface area contributed by atoms with Crippen LogP contribution in [0.2, 0.25) is 0 Å². The van der Waals surface area contributed by atoms with Crippen molar-refractivity contribution < 1.29 is 38.7 Å². The molecule has 1 aliphatic rings. The highest BCUT2D eigenvalue weighted by atomic mass is 32.2. The third kappa shape index (κ3) is 13.4. The predicted octanol–water partition coefficient (Wildman–Crippen LogP) is 4.13. The van der Waals surface area contributed by atoms with E-state index in [9.17, 15) is 38.7 Å². The minimum Gasteiger partial charge on any atom is -0.480 e. The maximum atomic E-state index is 14.5. The molecule has 0 fully saturated rings. The monoisotopic (exact) mass is 909 g/mol. The van der Waals surface area contributed by atoms with E-state index in [0.717, 1.165) is 46.0 Å². The molecule has 1 heterocycles. The zero-order chi connectivity index (χ0) is 47.2. The molecule has 6 amide bonds. The number of rotatable bonds is 22. The predicted molar refractivity (Wildman–Crippen MR) is 252 cm³/mol. The number of carbonyl (C=O) groups excluding carboxylic acids is 6. The fourth-order valence-corrected chi connectivity index (χ4v) is 8.86. The average molecular weight is 910 g/mol. The molecule has 5 rings (SSSR count). The molecule has 0 unspecified atom stereocenters. The maximum absolute atomic E-state index is 14.5. The van der Waals surface area contributed by atoms with Crippen LogP contribution in [0, 0.1) is 11.8 Å². The minimum atomic E-state index is -1.28. The van der Waals surface area contributed by atoms with Crippen LogP contribution in [-0.2, 0) is 52.8 Å². The van der Waals surface area contributed by atoms with E-state index >= 15 is 0 Å². The van der Waals surface area contributed by atoms with Crippen LogP contribution in [0.5, 0.6) is 0 Å². The summed E-state index contributed by atoms with van der Waals surface area (Å²) in [5.41, 5.74) is 5.49. The van der Waals surface area contributed by atoms with Crippen LogP contribution in [-0.4, -0.2) is 100 Å². The fraction of sp³-hybridized carbons (Fsp3) is 0.449. The Morgan fingerprint density at radius 2 is 1.34 bits per heavy atom. The van der Waals surface area contributed by atoms with Gasteiger partial charge in [0.15, 0.2) is 0 Å². The molecule has 16 heteroatoms. The van der Waals surface area contributed by atoms with Crippen molar-refractivity contribution in [3.63, 3.8) is 0 Å². The van der Waals surface area contributed by atoms with Gasteiger partial charge in [0, 0.05) is 36.4 Å². The third-order valence-electron chi connectivity index (χ3n) is 12.0. The average Bonchev–Trinajstić information content (AvgIpc) is 3.61. The second-order valence-corrected chi connectivity index (χ2v) is 18.2. The highest BCUT2D eigenvalue weighted by Gasteiger charge is 2.38. The van der Waals surface area contributed by atoms with Gasteiger partial charge in [-0.3, -0.25) is 28.8 Å². The van der Waals surface area contributed by atoms with Gasteiger partial charge >= 0.3 is 5.97 Å². The SMILES string of the molecule is CC[C@H](C)[C@H](NC(=O)CNC(=O)[C@H](CCSC)NC(=O)[C@H](CC(C)C)NC(=O)[C@H](NC(C)=O)C1c2ccccc2CCc2ccccc21)C(=O)N[C@@H](Cc1c[nH]c2ccccc12)C(=O)O. The van der Waals surface area contributed by atoms with E-state index < -0.39 is 90.0 Å². The number of aromatic amines is 1. The number of fused-ring (bicyclic) bond motifs is 3. The number of hydrogen-bond acceptors (Lipinski definition) is 8. The Kier molecular flexibility index (Phi) is 18.2. The van der Waals surface area contributed by atoms with Crippen LogP contribution < -0.4 is 31.9 Å². The number of carboxylic acids is 1. The van der Waals surface area contributed by atoms with E-state index in [4.69, 9.17) is 0 Å². The van der Waals surface area contributed by atoms with Gasteiger partial charge in [-0.25, -0.2) is 4.79 Å². The van der Waals surface area contributed by atoms with Gasteiger partial charge in [-0.2, -0.15) is 11.8 Å². The second kappa shape index (κ2) is 23.7. The van der Waals surface area contributed by atoms with E-state index in [1.807, 2.05) is 99.8 Å². The number of H-pyrrole nitrogens is 1. The number of thioether (sulfide) groups is 1. The number of amides is 6. The van der Waals surface area contributed by atoms with Crippen molar-refractivity contribution in [2.75, 3.05) is 18.6 Å². The van der Waals surface area contributed by atoms with Gasteiger partial charge in [-0.15, -0.1) is 0 Å². The summed E-state index contributed by atoms with van der Waals surface area (Å²) in [5.74, 6) is -5.31.